The summed E-state index contributed by atoms with van der Waals surface area (Å²) in [6.07, 6.45) is 1.97. The standard InChI is InChI=1S/C11H19NO3/c1-4-5-12(9(3)13)11(10(14)15)6-8(2)7-11/h8H,4-7H2,1-3H3,(H,14,15). The molecule has 1 fully saturated rings. The van der Waals surface area contributed by atoms with Crippen molar-refractivity contribution in [2.45, 2.75) is 45.6 Å². The molecule has 0 aromatic carbocycles. The number of carbonyl (C=O) groups is 2. The van der Waals surface area contributed by atoms with Crippen molar-refractivity contribution in [3.8, 4) is 0 Å². The molecule has 1 rings (SSSR count). The smallest absolute Gasteiger partial charge is 0.329 e. The van der Waals surface area contributed by atoms with Crippen LogP contribution in [0.3, 0.4) is 0 Å². The van der Waals surface area contributed by atoms with Gasteiger partial charge in [0.25, 0.3) is 0 Å². The molecule has 0 unspecified atom stereocenters. The molecular weight excluding hydrogens is 194 g/mol. The first kappa shape index (κ1) is 12.0. The Morgan fingerprint density at radius 2 is 2.00 bits per heavy atom. The normalized spacial score (nSPS) is 29.4. The van der Waals surface area contributed by atoms with Crippen molar-refractivity contribution in [1.82, 2.24) is 4.90 Å². The molecule has 1 saturated carbocycles. The maximum atomic E-state index is 11.4. The van der Waals surface area contributed by atoms with Gasteiger partial charge in [-0.25, -0.2) is 4.79 Å². The van der Waals surface area contributed by atoms with E-state index in [1.165, 1.54) is 11.8 Å². The van der Waals surface area contributed by atoms with E-state index in [0.717, 1.165) is 6.42 Å². The summed E-state index contributed by atoms with van der Waals surface area (Å²) in [5.74, 6) is -0.588. The van der Waals surface area contributed by atoms with Crippen LogP contribution in [0.5, 0.6) is 0 Å². The topological polar surface area (TPSA) is 57.6 Å². The Balaban J connectivity index is 2.87. The van der Waals surface area contributed by atoms with Crippen molar-refractivity contribution in [2.75, 3.05) is 6.54 Å². The monoisotopic (exact) mass is 213 g/mol. The van der Waals surface area contributed by atoms with Crippen LogP contribution in [0.15, 0.2) is 0 Å². The van der Waals surface area contributed by atoms with Crippen LogP contribution in [-0.2, 0) is 9.59 Å². The van der Waals surface area contributed by atoms with Gasteiger partial charge in [0.05, 0.1) is 0 Å². The Labute approximate surface area is 90.3 Å². The highest BCUT2D eigenvalue weighted by Crippen LogP contribution is 2.42. The number of aliphatic carboxylic acids is 1. The van der Waals surface area contributed by atoms with E-state index < -0.39 is 11.5 Å². The van der Waals surface area contributed by atoms with Gasteiger partial charge in [-0.3, -0.25) is 4.79 Å². The third-order valence-electron chi connectivity index (χ3n) is 3.11. The molecule has 4 nitrogen and oxygen atoms in total. The van der Waals surface area contributed by atoms with Gasteiger partial charge in [-0.1, -0.05) is 13.8 Å². The van der Waals surface area contributed by atoms with E-state index in [1.54, 1.807) is 0 Å². The average molecular weight is 213 g/mol. The van der Waals surface area contributed by atoms with Crippen molar-refractivity contribution >= 4 is 11.9 Å². The number of carboxylic acids is 1. The van der Waals surface area contributed by atoms with E-state index in [4.69, 9.17) is 0 Å². The summed E-state index contributed by atoms with van der Waals surface area (Å²) in [6, 6.07) is 0. The number of hydrogen-bond acceptors (Lipinski definition) is 2. The van der Waals surface area contributed by atoms with E-state index in [1.807, 2.05) is 13.8 Å². The van der Waals surface area contributed by atoms with Crippen LogP contribution < -0.4 is 0 Å². The van der Waals surface area contributed by atoms with Crippen molar-refractivity contribution in [1.29, 1.82) is 0 Å². The number of amides is 1. The van der Waals surface area contributed by atoms with Crippen molar-refractivity contribution < 1.29 is 14.7 Å². The summed E-state index contributed by atoms with van der Waals surface area (Å²) >= 11 is 0. The molecule has 1 amide bonds. The maximum absolute atomic E-state index is 11.4. The Hall–Kier alpha value is -1.06. The van der Waals surface area contributed by atoms with Crippen molar-refractivity contribution in [2.24, 2.45) is 5.92 Å². The molecule has 0 spiro atoms. The largest absolute Gasteiger partial charge is 0.479 e. The van der Waals surface area contributed by atoms with Gasteiger partial charge >= 0.3 is 5.97 Å². The van der Waals surface area contributed by atoms with Gasteiger partial charge in [-0.15, -0.1) is 0 Å². The summed E-state index contributed by atoms with van der Waals surface area (Å²) in [6.45, 7) is 5.96. The predicted molar refractivity (Wildman–Crippen MR) is 56.4 cm³/mol. The molecule has 1 aliphatic rings. The first-order valence-corrected chi connectivity index (χ1v) is 5.45. The quantitative estimate of drug-likeness (QED) is 0.769. The lowest BCUT2D eigenvalue weighted by molar-refractivity contribution is -0.169. The van der Waals surface area contributed by atoms with Gasteiger partial charge in [0.1, 0.15) is 5.54 Å². The highest BCUT2D eigenvalue weighted by Gasteiger charge is 2.53. The molecule has 0 saturated heterocycles. The number of nitrogens with zero attached hydrogens (tertiary/aromatic N) is 1. The maximum Gasteiger partial charge on any atom is 0.329 e. The van der Waals surface area contributed by atoms with Gasteiger partial charge in [-0.05, 0) is 25.2 Å². The van der Waals surface area contributed by atoms with Gasteiger partial charge in [0.15, 0.2) is 0 Å². The predicted octanol–water partition coefficient (Wildman–Crippen LogP) is 1.50. The molecule has 0 radical (unpaired) electrons. The number of carbonyl (C=O) groups excluding carboxylic acids is 1. The fourth-order valence-corrected chi connectivity index (χ4v) is 2.50. The van der Waals surface area contributed by atoms with E-state index >= 15 is 0 Å². The highest BCUT2D eigenvalue weighted by molar-refractivity contribution is 5.87. The first-order chi connectivity index (χ1) is 6.94. The van der Waals surface area contributed by atoms with Crippen LogP contribution in [-0.4, -0.2) is 34.0 Å². The third kappa shape index (κ3) is 1.98. The summed E-state index contributed by atoms with van der Waals surface area (Å²) in [5, 5.41) is 9.25. The second kappa shape index (κ2) is 4.21. The molecule has 4 heteroatoms. The molecule has 15 heavy (non-hydrogen) atoms. The molecule has 0 bridgehead atoms. The Kier molecular flexibility index (Phi) is 3.37. The van der Waals surface area contributed by atoms with Crippen molar-refractivity contribution in [3.63, 3.8) is 0 Å². The molecule has 1 N–H and O–H groups in total. The number of hydrogen-bond donors (Lipinski definition) is 1. The van der Waals surface area contributed by atoms with Crippen LogP contribution in [0.2, 0.25) is 0 Å². The minimum atomic E-state index is -0.915. The van der Waals surface area contributed by atoms with E-state index in [9.17, 15) is 14.7 Å². The Bertz CT molecular complexity index is 269. The molecule has 0 heterocycles. The SMILES string of the molecule is CCCN(C(C)=O)C1(C(=O)O)CC(C)C1. The zero-order valence-electron chi connectivity index (χ0n) is 9.62. The summed E-state index contributed by atoms with van der Waals surface area (Å²) in [5.41, 5.74) is -0.915. The fourth-order valence-electron chi connectivity index (χ4n) is 2.50. The molecule has 0 aliphatic heterocycles. The van der Waals surface area contributed by atoms with Crippen LogP contribution in [0.25, 0.3) is 0 Å². The third-order valence-corrected chi connectivity index (χ3v) is 3.11. The molecule has 0 aromatic heterocycles. The zero-order chi connectivity index (χ0) is 11.6. The first-order valence-electron chi connectivity index (χ1n) is 5.45. The number of carboxylic acid groups (broad SMARTS) is 1. The van der Waals surface area contributed by atoms with Gasteiger partial charge < -0.3 is 10.0 Å². The highest BCUT2D eigenvalue weighted by atomic mass is 16.4. The second-order valence-corrected chi connectivity index (χ2v) is 4.52. The van der Waals surface area contributed by atoms with Crippen LogP contribution in [0, 0.1) is 5.92 Å². The van der Waals surface area contributed by atoms with Crippen LogP contribution >= 0.6 is 0 Å². The lowest BCUT2D eigenvalue weighted by atomic mass is 9.68. The summed E-state index contributed by atoms with van der Waals surface area (Å²) in [7, 11) is 0. The lowest BCUT2D eigenvalue weighted by Gasteiger charge is -2.50. The second-order valence-electron chi connectivity index (χ2n) is 4.52. The van der Waals surface area contributed by atoms with Gasteiger partial charge in [-0.2, -0.15) is 0 Å². The molecular formula is C11H19NO3. The molecule has 86 valence electrons. The van der Waals surface area contributed by atoms with Gasteiger partial charge in [0.2, 0.25) is 5.91 Å². The van der Waals surface area contributed by atoms with E-state index in [2.05, 4.69) is 0 Å². The van der Waals surface area contributed by atoms with Crippen LogP contribution in [0.1, 0.15) is 40.0 Å². The van der Waals surface area contributed by atoms with E-state index in [-0.39, 0.29) is 5.91 Å². The average Bonchev–Trinajstić information content (AvgIpc) is 2.08. The van der Waals surface area contributed by atoms with Gasteiger partial charge in [0, 0.05) is 13.5 Å². The minimum Gasteiger partial charge on any atom is -0.479 e. The molecule has 0 aromatic rings. The number of rotatable bonds is 4. The fraction of sp³-hybridized carbons (Fsp3) is 0.818. The summed E-state index contributed by atoms with van der Waals surface area (Å²) in [4.78, 5) is 24.2. The summed E-state index contributed by atoms with van der Waals surface area (Å²) < 4.78 is 0. The van der Waals surface area contributed by atoms with Crippen LogP contribution in [0.4, 0.5) is 0 Å². The molecule has 0 atom stereocenters. The molecule has 1 aliphatic carbocycles. The Morgan fingerprint density at radius 1 is 1.47 bits per heavy atom. The minimum absolute atomic E-state index is 0.133. The van der Waals surface area contributed by atoms with E-state index in [0.29, 0.717) is 25.3 Å². The van der Waals surface area contributed by atoms with Crippen molar-refractivity contribution in [3.05, 3.63) is 0 Å². The zero-order valence-corrected chi connectivity index (χ0v) is 9.62. The lowest BCUT2D eigenvalue weighted by Crippen LogP contribution is -2.63. The Morgan fingerprint density at radius 3 is 2.27 bits per heavy atom.